The van der Waals surface area contributed by atoms with Crippen molar-refractivity contribution in [2.45, 2.75) is 82.6 Å². The van der Waals surface area contributed by atoms with Crippen molar-refractivity contribution in [3.63, 3.8) is 0 Å². The fraction of sp³-hybridized carbons (Fsp3) is 0.778. The maximum Gasteiger partial charge on any atom is 0.218 e. The summed E-state index contributed by atoms with van der Waals surface area (Å²) in [6, 6.07) is 2.51. The van der Waals surface area contributed by atoms with Crippen molar-refractivity contribution in [2.24, 2.45) is 0 Å². The van der Waals surface area contributed by atoms with Gasteiger partial charge in [-0.05, 0) is 25.7 Å². The third-order valence-corrected chi connectivity index (χ3v) is 5.11. The Morgan fingerprint density at radius 1 is 0.909 bits per heavy atom. The summed E-state index contributed by atoms with van der Waals surface area (Å²) in [5.41, 5.74) is 0. The van der Waals surface area contributed by atoms with Crippen LogP contribution in [0, 0.1) is 0 Å². The summed E-state index contributed by atoms with van der Waals surface area (Å²) in [7, 11) is 1.70. The Hall–Kier alpha value is -1.32. The van der Waals surface area contributed by atoms with Crippen molar-refractivity contribution >= 4 is 5.82 Å². The lowest BCUT2D eigenvalue weighted by molar-refractivity contribution is 0.383. The fourth-order valence-electron chi connectivity index (χ4n) is 3.80. The van der Waals surface area contributed by atoms with Crippen molar-refractivity contribution in [2.75, 3.05) is 12.4 Å². The van der Waals surface area contributed by atoms with E-state index in [1.54, 1.807) is 7.11 Å². The number of nitrogens with one attached hydrogen (secondary N) is 1. The normalized spacial score (nSPS) is 21.3. The van der Waals surface area contributed by atoms with Crippen LogP contribution in [0.2, 0.25) is 0 Å². The number of ether oxygens (including phenoxy) is 1. The molecule has 1 heterocycles. The Balaban J connectivity index is 1.74. The lowest BCUT2D eigenvalue weighted by Gasteiger charge is -2.22. The zero-order valence-corrected chi connectivity index (χ0v) is 13.8. The van der Waals surface area contributed by atoms with Crippen LogP contribution in [0.1, 0.15) is 82.4 Å². The van der Waals surface area contributed by atoms with Gasteiger partial charge in [0.15, 0.2) is 0 Å². The summed E-state index contributed by atoms with van der Waals surface area (Å²) in [6.07, 6.45) is 14.3. The van der Waals surface area contributed by atoms with E-state index < -0.39 is 0 Å². The number of rotatable bonds is 4. The van der Waals surface area contributed by atoms with Crippen molar-refractivity contribution in [3.05, 3.63) is 11.9 Å². The number of anilines is 1. The van der Waals surface area contributed by atoms with Gasteiger partial charge < -0.3 is 10.1 Å². The lowest BCUT2D eigenvalue weighted by Crippen LogP contribution is -2.20. The summed E-state index contributed by atoms with van der Waals surface area (Å²) < 4.78 is 5.41. The van der Waals surface area contributed by atoms with Gasteiger partial charge in [-0.1, -0.05) is 44.9 Å². The molecule has 0 radical (unpaired) electrons. The number of hydrogen-bond donors (Lipinski definition) is 1. The highest BCUT2D eigenvalue weighted by molar-refractivity contribution is 5.40. The average Bonchev–Trinajstić information content (AvgIpc) is 2.84. The third kappa shape index (κ3) is 4.11. The highest BCUT2D eigenvalue weighted by Crippen LogP contribution is 2.32. The van der Waals surface area contributed by atoms with Crippen LogP contribution >= 0.6 is 0 Å². The minimum Gasteiger partial charge on any atom is -0.481 e. The second kappa shape index (κ2) is 7.80. The van der Waals surface area contributed by atoms with Crippen molar-refractivity contribution in [3.8, 4) is 5.88 Å². The molecule has 0 bridgehead atoms. The van der Waals surface area contributed by atoms with Gasteiger partial charge in [0.1, 0.15) is 11.6 Å². The van der Waals surface area contributed by atoms with Gasteiger partial charge in [0.25, 0.3) is 0 Å². The monoisotopic (exact) mass is 303 g/mol. The molecule has 122 valence electrons. The standard InChI is InChI=1S/C18H29N3O/c1-22-17-13-16(19-15-11-7-2-3-8-12-15)20-18(21-17)14-9-5-4-6-10-14/h13-15H,2-12H2,1H3,(H,19,20,21). The van der Waals surface area contributed by atoms with E-state index in [1.807, 2.05) is 6.07 Å². The van der Waals surface area contributed by atoms with Gasteiger partial charge in [0, 0.05) is 18.0 Å². The molecule has 0 amide bonds. The molecule has 0 aromatic carbocycles. The molecule has 2 fully saturated rings. The fourth-order valence-corrected chi connectivity index (χ4v) is 3.80. The Labute approximate surface area is 134 Å². The van der Waals surface area contributed by atoms with Crippen LogP contribution in [-0.4, -0.2) is 23.1 Å². The van der Waals surface area contributed by atoms with Crippen LogP contribution in [0.4, 0.5) is 5.82 Å². The predicted octanol–water partition coefficient (Wildman–Crippen LogP) is 4.67. The Morgan fingerprint density at radius 2 is 1.55 bits per heavy atom. The highest BCUT2D eigenvalue weighted by Gasteiger charge is 2.20. The molecule has 0 saturated heterocycles. The molecule has 2 aliphatic carbocycles. The topological polar surface area (TPSA) is 47.0 Å². The van der Waals surface area contributed by atoms with E-state index in [0.717, 1.165) is 11.6 Å². The first-order valence-electron chi connectivity index (χ1n) is 9.04. The summed E-state index contributed by atoms with van der Waals surface area (Å²) in [5.74, 6) is 3.15. The average molecular weight is 303 g/mol. The zero-order valence-electron chi connectivity index (χ0n) is 13.8. The molecule has 4 heteroatoms. The Morgan fingerprint density at radius 3 is 2.23 bits per heavy atom. The minimum atomic E-state index is 0.513. The number of methoxy groups -OCH3 is 1. The van der Waals surface area contributed by atoms with Crippen LogP contribution in [0.3, 0.4) is 0 Å². The van der Waals surface area contributed by atoms with Gasteiger partial charge >= 0.3 is 0 Å². The second-order valence-electron chi connectivity index (χ2n) is 6.82. The largest absolute Gasteiger partial charge is 0.481 e. The molecule has 0 spiro atoms. The molecule has 1 aromatic rings. The zero-order chi connectivity index (χ0) is 15.2. The van der Waals surface area contributed by atoms with E-state index in [1.165, 1.54) is 70.6 Å². The number of aromatic nitrogens is 2. The number of hydrogen-bond acceptors (Lipinski definition) is 4. The summed E-state index contributed by atoms with van der Waals surface area (Å²) in [6.45, 7) is 0. The van der Waals surface area contributed by atoms with Crippen LogP contribution in [0.25, 0.3) is 0 Å². The van der Waals surface area contributed by atoms with Gasteiger partial charge in [0.05, 0.1) is 7.11 Å². The molecule has 2 aliphatic rings. The first-order chi connectivity index (χ1) is 10.8. The van der Waals surface area contributed by atoms with Crippen molar-refractivity contribution < 1.29 is 4.74 Å². The summed E-state index contributed by atoms with van der Waals surface area (Å²) in [5, 5.41) is 3.64. The van der Waals surface area contributed by atoms with Gasteiger partial charge in [-0.25, -0.2) is 4.98 Å². The quantitative estimate of drug-likeness (QED) is 0.821. The smallest absolute Gasteiger partial charge is 0.218 e. The van der Waals surface area contributed by atoms with E-state index >= 15 is 0 Å². The van der Waals surface area contributed by atoms with Gasteiger partial charge in [-0.2, -0.15) is 4.98 Å². The Kier molecular flexibility index (Phi) is 5.52. The molecular formula is C18H29N3O. The molecule has 0 unspecified atom stereocenters. The molecular weight excluding hydrogens is 274 g/mol. The Bertz CT molecular complexity index is 463. The number of nitrogens with zero attached hydrogens (tertiary/aromatic N) is 2. The SMILES string of the molecule is COc1cc(NC2CCCCCC2)nc(C2CCCCC2)n1. The molecule has 1 N–H and O–H groups in total. The molecule has 0 aliphatic heterocycles. The maximum atomic E-state index is 5.41. The summed E-state index contributed by atoms with van der Waals surface area (Å²) in [4.78, 5) is 9.44. The molecule has 1 aromatic heterocycles. The molecule has 4 nitrogen and oxygen atoms in total. The van der Waals surface area contributed by atoms with Crippen molar-refractivity contribution in [1.82, 2.24) is 9.97 Å². The van der Waals surface area contributed by atoms with Crippen LogP contribution in [0.15, 0.2) is 6.07 Å². The second-order valence-corrected chi connectivity index (χ2v) is 6.82. The van der Waals surface area contributed by atoms with Gasteiger partial charge in [-0.3, -0.25) is 0 Å². The lowest BCUT2D eigenvalue weighted by atomic mass is 9.89. The minimum absolute atomic E-state index is 0.513. The molecule has 22 heavy (non-hydrogen) atoms. The molecule has 2 saturated carbocycles. The maximum absolute atomic E-state index is 5.41. The first-order valence-corrected chi connectivity index (χ1v) is 9.04. The third-order valence-electron chi connectivity index (χ3n) is 5.11. The van der Waals surface area contributed by atoms with Crippen LogP contribution in [0.5, 0.6) is 5.88 Å². The predicted molar refractivity (Wildman–Crippen MR) is 89.5 cm³/mol. The molecule has 0 atom stereocenters. The van der Waals surface area contributed by atoms with E-state index in [4.69, 9.17) is 9.72 Å². The molecule has 3 rings (SSSR count). The highest BCUT2D eigenvalue weighted by atomic mass is 16.5. The first kappa shape index (κ1) is 15.6. The van der Waals surface area contributed by atoms with Gasteiger partial charge in [0.2, 0.25) is 5.88 Å². The van der Waals surface area contributed by atoms with E-state index in [0.29, 0.717) is 17.8 Å². The summed E-state index contributed by atoms with van der Waals surface area (Å²) >= 11 is 0. The van der Waals surface area contributed by atoms with E-state index in [2.05, 4.69) is 10.3 Å². The van der Waals surface area contributed by atoms with Gasteiger partial charge in [-0.15, -0.1) is 0 Å². The van der Waals surface area contributed by atoms with E-state index in [9.17, 15) is 0 Å². The van der Waals surface area contributed by atoms with Crippen molar-refractivity contribution in [1.29, 1.82) is 0 Å². The van der Waals surface area contributed by atoms with Crippen LogP contribution < -0.4 is 10.1 Å². The van der Waals surface area contributed by atoms with E-state index in [-0.39, 0.29) is 0 Å². The van der Waals surface area contributed by atoms with Crippen LogP contribution in [-0.2, 0) is 0 Å².